The van der Waals surface area contributed by atoms with Gasteiger partial charge in [0.2, 0.25) is 0 Å². The van der Waals surface area contributed by atoms with Crippen molar-refractivity contribution in [1.29, 1.82) is 0 Å². The summed E-state index contributed by atoms with van der Waals surface area (Å²) in [4.78, 5) is 0. The number of hydrogen-bond acceptors (Lipinski definition) is 2. The van der Waals surface area contributed by atoms with Crippen LogP contribution in [0.1, 0.15) is 50.3 Å². The molecule has 106 valence electrons. The Morgan fingerprint density at radius 1 is 1.26 bits per heavy atom. The summed E-state index contributed by atoms with van der Waals surface area (Å²) in [7, 11) is 0. The molecule has 2 nitrogen and oxygen atoms in total. The van der Waals surface area contributed by atoms with Crippen LogP contribution in [0.25, 0.3) is 0 Å². The van der Waals surface area contributed by atoms with Crippen molar-refractivity contribution in [1.82, 2.24) is 5.32 Å². The molecule has 1 aliphatic carbocycles. The van der Waals surface area contributed by atoms with Gasteiger partial charge >= 0.3 is 0 Å². The molecule has 0 bridgehead atoms. The SMILES string of the molecule is CCNC1c2ccccc2CCCC1CCOCC. The van der Waals surface area contributed by atoms with Crippen molar-refractivity contribution in [3.63, 3.8) is 0 Å². The summed E-state index contributed by atoms with van der Waals surface area (Å²) in [6, 6.07) is 9.45. The Hall–Kier alpha value is -0.860. The Balaban J connectivity index is 2.14. The molecule has 0 radical (unpaired) electrons. The summed E-state index contributed by atoms with van der Waals surface area (Å²) in [5, 5.41) is 3.70. The molecule has 2 atom stereocenters. The highest BCUT2D eigenvalue weighted by molar-refractivity contribution is 5.31. The van der Waals surface area contributed by atoms with Crippen molar-refractivity contribution in [2.45, 2.75) is 45.6 Å². The van der Waals surface area contributed by atoms with Gasteiger partial charge in [0, 0.05) is 19.3 Å². The number of benzene rings is 1. The van der Waals surface area contributed by atoms with E-state index in [9.17, 15) is 0 Å². The summed E-state index contributed by atoms with van der Waals surface area (Å²) >= 11 is 0. The normalized spacial score (nSPS) is 22.8. The predicted octanol–water partition coefficient (Wildman–Crippen LogP) is 3.72. The lowest BCUT2D eigenvalue weighted by Crippen LogP contribution is -2.29. The fourth-order valence-corrected chi connectivity index (χ4v) is 3.23. The van der Waals surface area contributed by atoms with Gasteiger partial charge in [-0.05, 0) is 56.2 Å². The third kappa shape index (κ3) is 3.80. The number of rotatable bonds is 6. The van der Waals surface area contributed by atoms with E-state index in [1.54, 1.807) is 0 Å². The maximum absolute atomic E-state index is 5.56. The third-order valence-electron chi connectivity index (χ3n) is 4.14. The van der Waals surface area contributed by atoms with Crippen LogP contribution in [0.2, 0.25) is 0 Å². The van der Waals surface area contributed by atoms with E-state index >= 15 is 0 Å². The molecule has 0 heterocycles. The number of fused-ring (bicyclic) bond motifs is 1. The van der Waals surface area contributed by atoms with Crippen molar-refractivity contribution in [3.8, 4) is 0 Å². The molecule has 0 saturated heterocycles. The van der Waals surface area contributed by atoms with Crippen molar-refractivity contribution >= 4 is 0 Å². The summed E-state index contributed by atoms with van der Waals surface area (Å²) in [6.45, 7) is 7.03. The van der Waals surface area contributed by atoms with Gasteiger partial charge in [-0.3, -0.25) is 0 Å². The molecule has 1 aromatic rings. The molecule has 0 amide bonds. The molecule has 0 saturated carbocycles. The predicted molar refractivity (Wildman–Crippen MR) is 80.4 cm³/mol. The lowest BCUT2D eigenvalue weighted by molar-refractivity contribution is 0.123. The second kappa shape index (κ2) is 7.66. The smallest absolute Gasteiger partial charge is 0.0469 e. The van der Waals surface area contributed by atoms with Crippen molar-refractivity contribution in [2.24, 2.45) is 5.92 Å². The van der Waals surface area contributed by atoms with Crippen LogP contribution in [0, 0.1) is 5.92 Å². The van der Waals surface area contributed by atoms with E-state index in [1.165, 1.54) is 36.8 Å². The lowest BCUT2D eigenvalue weighted by Gasteiger charge is -2.27. The molecular formula is C17H27NO. The molecular weight excluding hydrogens is 234 g/mol. The first kappa shape index (κ1) is 14.5. The molecule has 1 aromatic carbocycles. The van der Waals surface area contributed by atoms with Gasteiger partial charge in [0.25, 0.3) is 0 Å². The Kier molecular flexibility index (Phi) is 5.87. The highest BCUT2D eigenvalue weighted by Gasteiger charge is 2.26. The zero-order chi connectivity index (χ0) is 13.5. The van der Waals surface area contributed by atoms with Gasteiger partial charge in [-0.25, -0.2) is 0 Å². The van der Waals surface area contributed by atoms with Gasteiger partial charge in [0.1, 0.15) is 0 Å². The molecule has 0 spiro atoms. The quantitative estimate of drug-likeness (QED) is 0.622. The second-order valence-corrected chi connectivity index (χ2v) is 5.37. The number of nitrogens with one attached hydrogen (secondary N) is 1. The van der Waals surface area contributed by atoms with E-state index < -0.39 is 0 Å². The van der Waals surface area contributed by atoms with Gasteiger partial charge in [-0.1, -0.05) is 31.2 Å². The molecule has 1 aliphatic rings. The van der Waals surface area contributed by atoms with E-state index in [4.69, 9.17) is 4.74 Å². The largest absolute Gasteiger partial charge is 0.382 e. The molecule has 19 heavy (non-hydrogen) atoms. The van der Waals surface area contributed by atoms with Crippen LogP contribution in [0.4, 0.5) is 0 Å². The first-order chi connectivity index (χ1) is 9.36. The van der Waals surface area contributed by atoms with Gasteiger partial charge in [0.05, 0.1) is 0 Å². The van der Waals surface area contributed by atoms with Gasteiger partial charge in [-0.15, -0.1) is 0 Å². The van der Waals surface area contributed by atoms with Crippen molar-refractivity contribution in [3.05, 3.63) is 35.4 Å². The van der Waals surface area contributed by atoms with Crippen LogP contribution >= 0.6 is 0 Å². The number of aryl methyl sites for hydroxylation is 1. The summed E-state index contributed by atoms with van der Waals surface area (Å²) in [5.74, 6) is 0.704. The summed E-state index contributed by atoms with van der Waals surface area (Å²) in [6.07, 6.45) is 5.00. The highest BCUT2D eigenvalue weighted by atomic mass is 16.5. The third-order valence-corrected chi connectivity index (χ3v) is 4.14. The lowest BCUT2D eigenvalue weighted by atomic mass is 9.88. The molecule has 2 rings (SSSR count). The molecule has 0 fully saturated rings. The van der Waals surface area contributed by atoms with Gasteiger partial charge < -0.3 is 10.1 Å². The van der Waals surface area contributed by atoms with E-state index in [2.05, 4.69) is 43.4 Å². The fraction of sp³-hybridized carbons (Fsp3) is 0.647. The Morgan fingerprint density at radius 3 is 2.89 bits per heavy atom. The standard InChI is InChI=1S/C17H27NO/c1-3-18-17-15(12-13-19-4-2)10-7-9-14-8-5-6-11-16(14)17/h5-6,8,11,15,17-18H,3-4,7,9-10,12-13H2,1-2H3. The molecule has 2 unspecified atom stereocenters. The van der Waals surface area contributed by atoms with Crippen LogP contribution in [-0.4, -0.2) is 19.8 Å². The average molecular weight is 261 g/mol. The van der Waals surface area contributed by atoms with Crippen LogP contribution in [-0.2, 0) is 11.2 Å². The van der Waals surface area contributed by atoms with E-state index in [1.807, 2.05) is 0 Å². The zero-order valence-corrected chi connectivity index (χ0v) is 12.3. The molecule has 2 heteroatoms. The Labute approximate surface area is 117 Å². The molecule has 0 aliphatic heterocycles. The van der Waals surface area contributed by atoms with Crippen LogP contribution in [0.5, 0.6) is 0 Å². The van der Waals surface area contributed by atoms with E-state index in [0.29, 0.717) is 12.0 Å². The molecule has 1 N–H and O–H groups in total. The number of hydrogen-bond donors (Lipinski definition) is 1. The second-order valence-electron chi connectivity index (χ2n) is 5.37. The van der Waals surface area contributed by atoms with E-state index in [0.717, 1.165) is 19.8 Å². The minimum Gasteiger partial charge on any atom is -0.382 e. The maximum atomic E-state index is 5.56. The average Bonchev–Trinajstić information content (AvgIpc) is 2.60. The van der Waals surface area contributed by atoms with Crippen LogP contribution < -0.4 is 5.32 Å². The topological polar surface area (TPSA) is 21.3 Å². The van der Waals surface area contributed by atoms with E-state index in [-0.39, 0.29) is 0 Å². The maximum Gasteiger partial charge on any atom is 0.0469 e. The fourth-order valence-electron chi connectivity index (χ4n) is 3.23. The molecule has 0 aromatic heterocycles. The van der Waals surface area contributed by atoms with Crippen LogP contribution in [0.15, 0.2) is 24.3 Å². The Bertz CT molecular complexity index is 377. The van der Waals surface area contributed by atoms with Gasteiger partial charge in [0.15, 0.2) is 0 Å². The highest BCUT2D eigenvalue weighted by Crippen LogP contribution is 2.35. The van der Waals surface area contributed by atoms with Gasteiger partial charge in [-0.2, -0.15) is 0 Å². The summed E-state index contributed by atoms with van der Waals surface area (Å²) in [5.41, 5.74) is 3.05. The first-order valence-corrected chi connectivity index (χ1v) is 7.75. The van der Waals surface area contributed by atoms with Crippen molar-refractivity contribution in [2.75, 3.05) is 19.8 Å². The first-order valence-electron chi connectivity index (χ1n) is 7.75. The monoisotopic (exact) mass is 261 g/mol. The number of ether oxygens (including phenoxy) is 1. The zero-order valence-electron chi connectivity index (χ0n) is 12.3. The minimum atomic E-state index is 0.504. The van der Waals surface area contributed by atoms with Crippen molar-refractivity contribution < 1.29 is 4.74 Å². The summed E-state index contributed by atoms with van der Waals surface area (Å²) < 4.78 is 5.56. The minimum absolute atomic E-state index is 0.504. The van der Waals surface area contributed by atoms with Crippen LogP contribution in [0.3, 0.4) is 0 Å². The Morgan fingerprint density at radius 2 is 2.11 bits per heavy atom.